The van der Waals surface area contributed by atoms with E-state index in [9.17, 15) is 5.11 Å². The molecule has 6 heteroatoms. The molecule has 2 rings (SSSR count). The zero-order valence-corrected chi connectivity index (χ0v) is 13.7. The second-order valence-corrected chi connectivity index (χ2v) is 6.78. The van der Waals surface area contributed by atoms with Gasteiger partial charge in [0.05, 0.1) is 16.9 Å². The van der Waals surface area contributed by atoms with Crippen LogP contribution >= 0.6 is 0 Å². The normalized spacial score (nSPS) is 20.6. The molecule has 1 aromatic rings. The number of aromatic nitrogens is 2. The average Bonchev–Trinajstić information content (AvgIpc) is 2.77. The van der Waals surface area contributed by atoms with E-state index in [-0.39, 0.29) is 6.23 Å². The molecule has 1 aliphatic rings. The molecule has 2 heterocycles. The summed E-state index contributed by atoms with van der Waals surface area (Å²) in [6.07, 6.45) is 3.21. The summed E-state index contributed by atoms with van der Waals surface area (Å²) in [5, 5.41) is 14.7. The Morgan fingerprint density at radius 3 is 2.67 bits per heavy atom. The first kappa shape index (κ1) is 16.5. The molecule has 1 atom stereocenters. The molecule has 1 N–H and O–H groups in total. The van der Waals surface area contributed by atoms with E-state index >= 15 is 0 Å². The molecule has 0 aromatic carbocycles. The number of aliphatic hydroxyl groups is 1. The predicted molar refractivity (Wildman–Crippen MR) is 82.7 cm³/mol. The van der Waals surface area contributed by atoms with Gasteiger partial charge < -0.3 is 14.5 Å². The fraction of sp³-hybridized carbons (Fsp3) is 0.800. The van der Waals surface area contributed by atoms with Crippen molar-refractivity contribution < 1.29 is 14.5 Å². The molecular formula is C15H26BN2O3. The van der Waals surface area contributed by atoms with E-state index < -0.39 is 11.2 Å². The molecule has 1 aliphatic heterocycles. The van der Waals surface area contributed by atoms with Crippen molar-refractivity contribution in [1.82, 2.24) is 9.78 Å². The monoisotopic (exact) mass is 293 g/mol. The van der Waals surface area contributed by atoms with Crippen LogP contribution in [0.15, 0.2) is 6.07 Å². The highest BCUT2D eigenvalue weighted by molar-refractivity contribution is 6.46. The molecule has 21 heavy (non-hydrogen) atoms. The van der Waals surface area contributed by atoms with Crippen molar-refractivity contribution >= 4 is 13.1 Å². The molecule has 117 valence electrons. The highest BCUT2D eigenvalue weighted by Gasteiger charge is 2.36. The summed E-state index contributed by atoms with van der Waals surface area (Å²) >= 11 is 0. The molecule has 5 nitrogen and oxygen atoms in total. The fourth-order valence-electron chi connectivity index (χ4n) is 2.12. The third kappa shape index (κ3) is 3.87. The van der Waals surface area contributed by atoms with Crippen LogP contribution in [0.25, 0.3) is 0 Å². The van der Waals surface area contributed by atoms with Gasteiger partial charge >= 0.3 is 7.48 Å². The van der Waals surface area contributed by atoms with Gasteiger partial charge in [-0.1, -0.05) is 0 Å². The number of rotatable bonds is 5. The Morgan fingerprint density at radius 1 is 1.38 bits per heavy atom. The minimum absolute atomic E-state index is 0.0208. The highest BCUT2D eigenvalue weighted by Crippen LogP contribution is 2.25. The van der Waals surface area contributed by atoms with Crippen molar-refractivity contribution in [3.05, 3.63) is 11.8 Å². The van der Waals surface area contributed by atoms with Crippen LogP contribution in [0.5, 0.6) is 0 Å². The Kier molecular flexibility index (Phi) is 4.80. The van der Waals surface area contributed by atoms with Crippen molar-refractivity contribution in [2.24, 2.45) is 0 Å². The van der Waals surface area contributed by atoms with E-state index in [1.807, 2.05) is 31.5 Å². The van der Waals surface area contributed by atoms with Gasteiger partial charge in [-0.2, -0.15) is 5.10 Å². The quantitative estimate of drug-likeness (QED) is 0.840. The number of nitrogens with zero attached hydrogens (tertiary/aromatic N) is 2. The van der Waals surface area contributed by atoms with Gasteiger partial charge in [-0.15, -0.1) is 0 Å². The Labute approximate surface area is 127 Å². The van der Waals surface area contributed by atoms with Crippen molar-refractivity contribution in [3.8, 4) is 0 Å². The van der Waals surface area contributed by atoms with Crippen LogP contribution in [0, 0.1) is 6.92 Å². The molecule has 0 aliphatic carbocycles. The zero-order valence-electron chi connectivity index (χ0n) is 13.7. The van der Waals surface area contributed by atoms with Crippen LogP contribution in [0.2, 0.25) is 0 Å². The molecule has 0 bridgehead atoms. The van der Waals surface area contributed by atoms with Crippen molar-refractivity contribution in [2.75, 3.05) is 6.61 Å². The van der Waals surface area contributed by atoms with Crippen LogP contribution in [0.4, 0.5) is 0 Å². The first-order valence-electron chi connectivity index (χ1n) is 7.62. The van der Waals surface area contributed by atoms with Crippen LogP contribution in [0.1, 0.15) is 58.9 Å². The Balaban J connectivity index is 2.10. The summed E-state index contributed by atoms with van der Waals surface area (Å²) in [7, 11) is 1.68. The Morgan fingerprint density at radius 2 is 2.10 bits per heavy atom. The lowest BCUT2D eigenvalue weighted by Gasteiger charge is -2.37. The molecule has 0 spiro atoms. The van der Waals surface area contributed by atoms with Gasteiger partial charge in [0.1, 0.15) is 6.23 Å². The van der Waals surface area contributed by atoms with E-state index in [1.54, 1.807) is 21.3 Å². The molecule has 1 radical (unpaired) electrons. The first-order valence-corrected chi connectivity index (χ1v) is 7.62. The molecular weight excluding hydrogens is 267 g/mol. The van der Waals surface area contributed by atoms with E-state index in [2.05, 4.69) is 5.10 Å². The van der Waals surface area contributed by atoms with Gasteiger partial charge in [0, 0.05) is 12.2 Å². The summed E-state index contributed by atoms with van der Waals surface area (Å²) in [6, 6.07) is 1.97. The molecule has 0 amide bonds. The van der Waals surface area contributed by atoms with Gasteiger partial charge in [-0.25, -0.2) is 4.68 Å². The number of hydrogen-bond acceptors (Lipinski definition) is 4. The standard InChI is InChI=1S/C15H26BN2O3/c1-11-10-12(16-21-15(4,5)14(2,3)19)18(17-11)13-8-6-7-9-20-13/h10,13,19H,6-9H2,1-5H3. The summed E-state index contributed by atoms with van der Waals surface area (Å²) in [5.41, 5.74) is 0.172. The maximum Gasteiger partial charge on any atom is 0.351 e. The smallest absolute Gasteiger partial charge is 0.351 e. The highest BCUT2D eigenvalue weighted by atomic mass is 16.5. The van der Waals surface area contributed by atoms with Gasteiger partial charge in [-0.3, -0.25) is 0 Å². The molecule has 1 aromatic heterocycles. The SMILES string of the molecule is Cc1cc([B]OC(C)(C)C(C)(C)O)n(C2CCCCO2)n1. The third-order valence-electron chi connectivity index (χ3n) is 4.26. The summed E-state index contributed by atoms with van der Waals surface area (Å²) in [5.74, 6) is 0. The van der Waals surface area contributed by atoms with E-state index in [1.165, 1.54) is 0 Å². The Hall–Kier alpha value is -0.845. The topological polar surface area (TPSA) is 56.5 Å². The lowest BCUT2D eigenvalue weighted by Crippen LogP contribution is -2.50. The second kappa shape index (κ2) is 6.11. The fourth-order valence-corrected chi connectivity index (χ4v) is 2.12. The van der Waals surface area contributed by atoms with Crippen molar-refractivity contribution in [2.45, 2.75) is 71.3 Å². The minimum atomic E-state index is -0.940. The van der Waals surface area contributed by atoms with Gasteiger partial charge in [-0.05, 0) is 59.9 Å². The van der Waals surface area contributed by atoms with Gasteiger partial charge in [0.25, 0.3) is 0 Å². The zero-order chi connectivity index (χ0) is 15.7. The summed E-state index contributed by atoms with van der Waals surface area (Å²) < 4.78 is 13.5. The van der Waals surface area contributed by atoms with Crippen molar-refractivity contribution in [1.29, 1.82) is 0 Å². The summed E-state index contributed by atoms with van der Waals surface area (Å²) in [6.45, 7) is 9.96. The molecule has 0 saturated carbocycles. The average molecular weight is 293 g/mol. The minimum Gasteiger partial charge on any atom is -0.425 e. The maximum atomic E-state index is 10.2. The van der Waals surface area contributed by atoms with E-state index in [0.717, 1.165) is 37.2 Å². The van der Waals surface area contributed by atoms with Crippen LogP contribution in [-0.2, 0) is 9.39 Å². The number of ether oxygens (including phenoxy) is 1. The largest absolute Gasteiger partial charge is 0.425 e. The molecule has 1 fully saturated rings. The van der Waals surface area contributed by atoms with Crippen LogP contribution < -0.4 is 5.59 Å². The lowest BCUT2D eigenvalue weighted by molar-refractivity contribution is -0.0897. The van der Waals surface area contributed by atoms with Crippen molar-refractivity contribution in [3.63, 3.8) is 0 Å². The lowest BCUT2D eigenvalue weighted by atomic mass is 9.85. The van der Waals surface area contributed by atoms with E-state index in [0.29, 0.717) is 0 Å². The van der Waals surface area contributed by atoms with Crippen LogP contribution in [-0.4, -0.2) is 40.2 Å². The molecule has 1 unspecified atom stereocenters. The van der Waals surface area contributed by atoms with Crippen LogP contribution in [0.3, 0.4) is 0 Å². The first-order chi connectivity index (χ1) is 9.71. The summed E-state index contributed by atoms with van der Waals surface area (Å²) in [4.78, 5) is 0. The number of aryl methyl sites for hydroxylation is 1. The predicted octanol–water partition coefficient (Wildman–Crippen LogP) is 1.70. The van der Waals surface area contributed by atoms with Gasteiger partial charge in [0.15, 0.2) is 0 Å². The number of hydrogen-bond donors (Lipinski definition) is 1. The molecule has 1 saturated heterocycles. The van der Waals surface area contributed by atoms with Gasteiger partial charge in [0.2, 0.25) is 0 Å². The third-order valence-corrected chi connectivity index (χ3v) is 4.26. The maximum absolute atomic E-state index is 10.2. The van der Waals surface area contributed by atoms with E-state index in [4.69, 9.17) is 9.39 Å². The second-order valence-electron chi connectivity index (χ2n) is 6.78. The Bertz CT molecular complexity index is 474.